The standard InChI is InChI=1S/C14H15N3O5S2.Na/c1-22-14-8(15)10(13(20)21)17-11(19)9(12(17)24-14)16-7(18)5-6-3-2-4-23-6;/h2-4,9,12,14H,5,15H2,1H3,(H,16,18)(H,20,21);/q;+1/p-1/t9-,12+,14?;/m1./s1. The largest absolute Gasteiger partial charge is 1.00 e. The number of hydrogen-bond donors (Lipinski definition) is 2. The third-order valence-corrected chi connectivity index (χ3v) is 6.05. The van der Waals surface area contributed by atoms with Crippen molar-refractivity contribution in [3.63, 3.8) is 0 Å². The molecule has 3 rings (SSSR count). The maximum absolute atomic E-state index is 12.3. The Hall–Kier alpha value is -1.04. The van der Waals surface area contributed by atoms with Crippen molar-refractivity contribution in [2.75, 3.05) is 7.11 Å². The van der Waals surface area contributed by atoms with Crippen LogP contribution in [0.5, 0.6) is 0 Å². The first-order valence-corrected chi connectivity index (χ1v) is 8.80. The normalized spacial score (nSPS) is 24.9. The molecule has 1 fully saturated rings. The van der Waals surface area contributed by atoms with Crippen LogP contribution in [0.15, 0.2) is 28.9 Å². The fourth-order valence-corrected chi connectivity index (χ4v) is 4.62. The number of thiophene rings is 1. The Labute approximate surface area is 174 Å². The number of ether oxygens (including phenoxy) is 1. The third kappa shape index (κ3) is 3.74. The average Bonchev–Trinajstić information content (AvgIpc) is 3.04. The molecule has 0 bridgehead atoms. The summed E-state index contributed by atoms with van der Waals surface area (Å²) in [5.41, 5.74) is 4.57. The van der Waals surface area contributed by atoms with E-state index in [1.54, 1.807) is 0 Å². The van der Waals surface area contributed by atoms with Crippen molar-refractivity contribution in [3.8, 4) is 0 Å². The molecular formula is C14H14N3NaO5S2. The molecule has 11 heteroatoms. The number of aliphatic carboxylic acids is 1. The number of nitrogens with zero attached hydrogens (tertiary/aromatic N) is 1. The molecule has 0 radical (unpaired) electrons. The number of nitrogens with two attached hydrogens (primary N) is 1. The topological polar surface area (TPSA) is 125 Å². The number of carboxylic acid groups (broad SMARTS) is 1. The van der Waals surface area contributed by atoms with E-state index in [0.29, 0.717) is 0 Å². The summed E-state index contributed by atoms with van der Waals surface area (Å²) >= 11 is 2.61. The molecule has 1 saturated heterocycles. The number of thioether (sulfide) groups is 1. The van der Waals surface area contributed by atoms with Crippen molar-refractivity contribution in [1.29, 1.82) is 0 Å². The van der Waals surface area contributed by atoms with E-state index < -0.39 is 28.7 Å². The minimum absolute atomic E-state index is 0. The monoisotopic (exact) mass is 391 g/mol. The van der Waals surface area contributed by atoms with Gasteiger partial charge in [0.25, 0.3) is 5.91 Å². The van der Waals surface area contributed by atoms with Crippen LogP contribution >= 0.6 is 23.1 Å². The van der Waals surface area contributed by atoms with Crippen LogP contribution in [0, 0.1) is 0 Å². The summed E-state index contributed by atoms with van der Waals surface area (Å²) in [5, 5.41) is 15.2. The fraction of sp³-hybridized carbons (Fsp3) is 0.357. The van der Waals surface area contributed by atoms with Gasteiger partial charge >= 0.3 is 29.6 Å². The second-order valence-electron chi connectivity index (χ2n) is 5.20. The summed E-state index contributed by atoms with van der Waals surface area (Å²) in [5.74, 6) is -2.37. The molecule has 8 nitrogen and oxygen atoms in total. The molecule has 3 N–H and O–H groups in total. The predicted octanol–water partition coefficient (Wildman–Crippen LogP) is -4.41. The van der Waals surface area contributed by atoms with Crippen LogP contribution in [-0.2, 0) is 25.5 Å². The Balaban J connectivity index is 0.00000225. The summed E-state index contributed by atoms with van der Waals surface area (Å²) < 4.78 is 5.15. The van der Waals surface area contributed by atoms with Gasteiger partial charge in [0.1, 0.15) is 16.9 Å². The second-order valence-corrected chi connectivity index (χ2v) is 7.41. The summed E-state index contributed by atoms with van der Waals surface area (Å²) in [6.45, 7) is 0. The first kappa shape index (κ1) is 20.3. The third-order valence-electron chi connectivity index (χ3n) is 3.71. The molecule has 1 unspecified atom stereocenters. The van der Waals surface area contributed by atoms with E-state index in [-0.39, 0.29) is 53.3 Å². The van der Waals surface area contributed by atoms with Gasteiger partial charge in [-0.15, -0.1) is 11.3 Å². The number of nitrogens with one attached hydrogen (secondary N) is 1. The molecule has 25 heavy (non-hydrogen) atoms. The van der Waals surface area contributed by atoms with E-state index in [9.17, 15) is 19.5 Å². The number of hydrogen-bond acceptors (Lipinski definition) is 8. The van der Waals surface area contributed by atoms with Crippen LogP contribution < -0.4 is 45.7 Å². The fourth-order valence-electron chi connectivity index (χ4n) is 2.62. The van der Waals surface area contributed by atoms with E-state index >= 15 is 0 Å². The van der Waals surface area contributed by atoms with Gasteiger partial charge in [0, 0.05) is 12.0 Å². The Kier molecular flexibility index (Phi) is 6.57. The van der Waals surface area contributed by atoms with Crippen LogP contribution in [-0.4, -0.2) is 46.6 Å². The zero-order valence-electron chi connectivity index (χ0n) is 13.6. The minimum Gasteiger partial charge on any atom is -0.543 e. The van der Waals surface area contributed by atoms with Crippen LogP contribution in [0.25, 0.3) is 0 Å². The van der Waals surface area contributed by atoms with Gasteiger partial charge in [-0.2, -0.15) is 0 Å². The molecule has 1 aromatic rings. The van der Waals surface area contributed by atoms with Crippen LogP contribution in [0.4, 0.5) is 0 Å². The number of carbonyl (C=O) groups is 3. The maximum atomic E-state index is 12.3. The van der Waals surface area contributed by atoms with E-state index in [2.05, 4.69) is 5.32 Å². The van der Waals surface area contributed by atoms with E-state index in [0.717, 1.165) is 9.78 Å². The Bertz CT molecular complexity index is 724. The molecule has 3 heterocycles. The SMILES string of the molecule is COC1S[C@H]2[C@H](NC(=O)Cc3cccs3)C(=O)N2C(C(=O)[O-])=C1N.[Na+]. The Morgan fingerprint density at radius 2 is 2.20 bits per heavy atom. The summed E-state index contributed by atoms with van der Waals surface area (Å²) in [6, 6.07) is 2.85. The minimum atomic E-state index is -1.54. The number of carboxylic acids is 1. The number of amides is 2. The van der Waals surface area contributed by atoms with Crippen molar-refractivity contribution in [1.82, 2.24) is 10.2 Å². The van der Waals surface area contributed by atoms with Gasteiger partial charge in [0.05, 0.1) is 23.8 Å². The van der Waals surface area contributed by atoms with Crippen LogP contribution in [0.1, 0.15) is 4.88 Å². The van der Waals surface area contributed by atoms with E-state index in [1.165, 1.54) is 30.2 Å². The quantitative estimate of drug-likeness (QED) is 0.383. The summed E-state index contributed by atoms with van der Waals surface area (Å²) in [4.78, 5) is 37.6. The molecule has 0 aromatic carbocycles. The van der Waals surface area contributed by atoms with E-state index in [4.69, 9.17) is 10.5 Å². The molecule has 3 atom stereocenters. The second kappa shape index (κ2) is 8.11. The molecular weight excluding hydrogens is 377 g/mol. The van der Waals surface area contributed by atoms with Gasteiger partial charge in [-0.05, 0) is 11.4 Å². The molecule has 128 valence electrons. The molecule has 0 aliphatic carbocycles. The summed E-state index contributed by atoms with van der Waals surface area (Å²) in [7, 11) is 1.39. The number of fused-ring (bicyclic) bond motifs is 1. The van der Waals surface area contributed by atoms with Crippen molar-refractivity contribution < 1.29 is 53.8 Å². The van der Waals surface area contributed by atoms with Crippen molar-refractivity contribution in [3.05, 3.63) is 33.8 Å². The van der Waals surface area contributed by atoms with Crippen molar-refractivity contribution in [2.24, 2.45) is 5.73 Å². The van der Waals surface area contributed by atoms with Crippen LogP contribution in [0.2, 0.25) is 0 Å². The zero-order valence-corrected chi connectivity index (χ0v) is 17.2. The number of rotatable bonds is 5. The molecule has 0 spiro atoms. The number of β-lactam (4-membered cyclic amide) rings is 1. The van der Waals surface area contributed by atoms with Gasteiger partial charge < -0.3 is 25.7 Å². The zero-order chi connectivity index (χ0) is 17.4. The first-order chi connectivity index (χ1) is 11.4. The van der Waals surface area contributed by atoms with E-state index in [1.807, 2.05) is 17.5 Å². The maximum Gasteiger partial charge on any atom is 1.00 e. The van der Waals surface area contributed by atoms with Crippen molar-refractivity contribution in [2.45, 2.75) is 23.3 Å². The molecule has 2 aliphatic heterocycles. The number of carbonyl (C=O) groups excluding carboxylic acids is 3. The van der Waals surface area contributed by atoms with Gasteiger partial charge in [0.15, 0.2) is 0 Å². The Morgan fingerprint density at radius 3 is 2.76 bits per heavy atom. The molecule has 2 amide bonds. The first-order valence-electron chi connectivity index (χ1n) is 6.98. The molecule has 0 saturated carbocycles. The number of methoxy groups -OCH3 is 1. The molecule has 2 aliphatic rings. The van der Waals surface area contributed by atoms with Crippen LogP contribution in [0.3, 0.4) is 0 Å². The molecule has 1 aromatic heterocycles. The van der Waals surface area contributed by atoms with Crippen molar-refractivity contribution >= 4 is 40.9 Å². The Morgan fingerprint density at radius 1 is 1.48 bits per heavy atom. The average molecular weight is 391 g/mol. The van der Waals surface area contributed by atoms with Gasteiger partial charge in [-0.3, -0.25) is 14.5 Å². The van der Waals surface area contributed by atoms with Gasteiger partial charge in [0.2, 0.25) is 5.91 Å². The van der Waals surface area contributed by atoms with Gasteiger partial charge in [-0.1, -0.05) is 17.8 Å². The van der Waals surface area contributed by atoms with Gasteiger partial charge in [-0.25, -0.2) is 0 Å². The predicted molar refractivity (Wildman–Crippen MR) is 85.2 cm³/mol. The smallest absolute Gasteiger partial charge is 0.543 e. The summed E-state index contributed by atoms with van der Waals surface area (Å²) in [6.07, 6.45) is 0.165.